The summed E-state index contributed by atoms with van der Waals surface area (Å²) in [7, 11) is 1.57. The van der Waals surface area contributed by atoms with E-state index in [2.05, 4.69) is 20.6 Å². The molecule has 1 amide bonds. The van der Waals surface area contributed by atoms with Crippen molar-refractivity contribution >= 4 is 27.5 Å². The van der Waals surface area contributed by atoms with E-state index < -0.39 is 0 Å². The van der Waals surface area contributed by atoms with Gasteiger partial charge in [0.15, 0.2) is 5.69 Å². The minimum absolute atomic E-state index is 0.113. The molecular formula is C19H18N6O3S. The average Bonchev–Trinajstić information content (AvgIpc) is 3.36. The van der Waals surface area contributed by atoms with Crippen LogP contribution < -0.4 is 15.6 Å². The van der Waals surface area contributed by atoms with Crippen LogP contribution >= 0.6 is 11.3 Å². The molecule has 0 saturated carbocycles. The number of thiophene rings is 1. The molecule has 0 fully saturated rings. The Labute approximate surface area is 169 Å². The smallest absolute Gasteiger partial charge is 0.273 e. The molecule has 0 aliphatic rings. The molecule has 0 unspecified atom stereocenters. The molecular weight excluding hydrogens is 392 g/mol. The summed E-state index contributed by atoms with van der Waals surface area (Å²) in [5, 5.41) is 12.7. The molecule has 0 aliphatic heterocycles. The van der Waals surface area contributed by atoms with Crippen LogP contribution in [0.4, 0.5) is 0 Å². The number of nitrogens with one attached hydrogen (secondary N) is 1. The highest BCUT2D eigenvalue weighted by molar-refractivity contribution is 7.17. The highest BCUT2D eigenvalue weighted by Gasteiger charge is 2.18. The van der Waals surface area contributed by atoms with E-state index in [1.165, 1.54) is 22.2 Å². The van der Waals surface area contributed by atoms with Crippen LogP contribution in [0, 0.1) is 6.92 Å². The Morgan fingerprint density at radius 1 is 1.28 bits per heavy atom. The molecule has 148 valence electrons. The molecule has 3 aromatic heterocycles. The number of aromatic nitrogens is 5. The van der Waals surface area contributed by atoms with Gasteiger partial charge in [-0.1, -0.05) is 17.3 Å². The molecule has 29 heavy (non-hydrogen) atoms. The van der Waals surface area contributed by atoms with E-state index in [-0.39, 0.29) is 23.7 Å². The van der Waals surface area contributed by atoms with Crippen LogP contribution in [0.25, 0.3) is 15.9 Å². The Kier molecular flexibility index (Phi) is 5.09. The third-order valence-electron chi connectivity index (χ3n) is 4.50. The molecule has 0 saturated heterocycles. The summed E-state index contributed by atoms with van der Waals surface area (Å²) in [6, 6.07) is 9.16. The lowest BCUT2D eigenvalue weighted by Crippen LogP contribution is -2.31. The van der Waals surface area contributed by atoms with Gasteiger partial charge in [0.2, 0.25) is 0 Å². The zero-order chi connectivity index (χ0) is 20.4. The van der Waals surface area contributed by atoms with Crippen LogP contribution in [0.15, 0.2) is 46.8 Å². The largest absolute Gasteiger partial charge is 0.494 e. The van der Waals surface area contributed by atoms with Crippen LogP contribution in [0.5, 0.6) is 5.75 Å². The fraction of sp³-hybridized carbons (Fsp3) is 0.211. The molecule has 4 aromatic rings. The Morgan fingerprint density at radius 3 is 2.93 bits per heavy atom. The van der Waals surface area contributed by atoms with Gasteiger partial charge in [0.1, 0.15) is 16.1 Å². The number of carbonyl (C=O) groups is 1. The minimum atomic E-state index is -0.359. The predicted octanol–water partition coefficient (Wildman–Crippen LogP) is 1.79. The summed E-state index contributed by atoms with van der Waals surface area (Å²) in [5.74, 6) is 0.269. The fourth-order valence-electron chi connectivity index (χ4n) is 2.98. The van der Waals surface area contributed by atoms with E-state index >= 15 is 0 Å². The lowest BCUT2D eigenvalue weighted by atomic mass is 10.2. The molecule has 4 rings (SSSR count). The number of fused-ring (bicyclic) bond motifs is 1. The number of benzene rings is 1. The predicted molar refractivity (Wildman–Crippen MR) is 109 cm³/mol. The van der Waals surface area contributed by atoms with Crippen molar-refractivity contribution in [1.29, 1.82) is 0 Å². The second kappa shape index (κ2) is 7.84. The number of nitrogens with zero attached hydrogens (tertiary/aromatic N) is 5. The van der Waals surface area contributed by atoms with Crippen LogP contribution in [0.3, 0.4) is 0 Å². The third kappa shape index (κ3) is 3.49. The maximum absolute atomic E-state index is 12.6. The zero-order valence-electron chi connectivity index (χ0n) is 15.8. The molecule has 1 N–H and O–H groups in total. The van der Waals surface area contributed by atoms with Crippen molar-refractivity contribution in [3.05, 3.63) is 63.8 Å². The van der Waals surface area contributed by atoms with E-state index in [0.29, 0.717) is 33.9 Å². The average molecular weight is 410 g/mol. The van der Waals surface area contributed by atoms with Gasteiger partial charge in [-0.05, 0) is 30.5 Å². The van der Waals surface area contributed by atoms with Crippen LogP contribution in [-0.2, 0) is 6.54 Å². The maximum Gasteiger partial charge on any atom is 0.273 e. The normalized spacial score (nSPS) is 11.0. The number of ether oxygens (including phenoxy) is 1. The van der Waals surface area contributed by atoms with E-state index in [0.717, 1.165) is 0 Å². The molecule has 10 heteroatoms. The topological polar surface area (TPSA) is 104 Å². The van der Waals surface area contributed by atoms with Gasteiger partial charge in [0, 0.05) is 13.1 Å². The van der Waals surface area contributed by atoms with Crippen LogP contribution in [0.2, 0.25) is 0 Å². The Hall–Kier alpha value is -3.53. The first-order valence-electron chi connectivity index (χ1n) is 8.86. The van der Waals surface area contributed by atoms with Gasteiger partial charge in [0.25, 0.3) is 11.5 Å². The quantitative estimate of drug-likeness (QED) is 0.520. The number of hydrogen-bond donors (Lipinski definition) is 1. The lowest BCUT2D eigenvalue weighted by Gasteiger charge is -2.09. The molecule has 0 atom stereocenters. The third-order valence-corrected chi connectivity index (χ3v) is 5.39. The van der Waals surface area contributed by atoms with E-state index in [1.54, 1.807) is 24.8 Å². The number of amides is 1. The fourth-order valence-corrected chi connectivity index (χ4v) is 3.78. The van der Waals surface area contributed by atoms with Crippen LogP contribution in [-0.4, -0.2) is 44.1 Å². The molecule has 0 radical (unpaired) electrons. The van der Waals surface area contributed by atoms with Crippen molar-refractivity contribution in [2.75, 3.05) is 13.7 Å². The Bertz CT molecular complexity index is 1240. The zero-order valence-corrected chi connectivity index (χ0v) is 16.6. The van der Waals surface area contributed by atoms with E-state index in [4.69, 9.17) is 4.74 Å². The van der Waals surface area contributed by atoms with Crippen molar-refractivity contribution in [1.82, 2.24) is 29.9 Å². The highest BCUT2D eigenvalue weighted by atomic mass is 32.1. The van der Waals surface area contributed by atoms with Gasteiger partial charge >= 0.3 is 0 Å². The lowest BCUT2D eigenvalue weighted by molar-refractivity contribution is 0.0946. The van der Waals surface area contributed by atoms with Gasteiger partial charge in [0.05, 0.1) is 24.6 Å². The summed E-state index contributed by atoms with van der Waals surface area (Å²) in [6.45, 7) is 2.34. The van der Waals surface area contributed by atoms with E-state index in [1.807, 2.05) is 29.6 Å². The molecule has 1 aromatic carbocycles. The second-order valence-corrected chi connectivity index (χ2v) is 7.16. The minimum Gasteiger partial charge on any atom is -0.494 e. The molecule has 0 aliphatic carbocycles. The monoisotopic (exact) mass is 410 g/mol. The van der Waals surface area contributed by atoms with Gasteiger partial charge < -0.3 is 10.1 Å². The second-order valence-electron chi connectivity index (χ2n) is 6.24. The first-order chi connectivity index (χ1) is 14.1. The number of carbonyl (C=O) groups excluding carboxylic acids is 1. The standard InChI is InChI=1S/C19H18N6O3S/c1-12-16(22-23-25(12)14-5-3-4-6-15(14)28-2)18(26)20-8-9-24-11-21-13-7-10-29-17(13)19(24)27/h3-7,10-11H,8-9H2,1-2H3,(H,20,26). The van der Waals surface area contributed by atoms with Gasteiger partial charge in [-0.3, -0.25) is 14.2 Å². The number of para-hydroxylation sites is 2. The first-order valence-corrected chi connectivity index (χ1v) is 9.74. The molecule has 0 bridgehead atoms. The van der Waals surface area contributed by atoms with Crippen molar-refractivity contribution in [2.45, 2.75) is 13.5 Å². The van der Waals surface area contributed by atoms with Crippen LogP contribution in [0.1, 0.15) is 16.2 Å². The number of hydrogen-bond acceptors (Lipinski definition) is 7. The SMILES string of the molecule is COc1ccccc1-n1nnc(C(=O)NCCn2cnc3ccsc3c2=O)c1C. The number of rotatable bonds is 6. The molecule has 0 spiro atoms. The summed E-state index contributed by atoms with van der Waals surface area (Å²) < 4.78 is 9.00. The van der Waals surface area contributed by atoms with Crippen molar-refractivity contribution < 1.29 is 9.53 Å². The molecule has 9 nitrogen and oxygen atoms in total. The summed E-state index contributed by atoms with van der Waals surface area (Å²) in [5.41, 5.74) is 2.07. The van der Waals surface area contributed by atoms with Crippen molar-refractivity contribution in [3.8, 4) is 11.4 Å². The summed E-state index contributed by atoms with van der Waals surface area (Å²) >= 11 is 1.36. The van der Waals surface area contributed by atoms with Gasteiger partial charge in [-0.15, -0.1) is 16.4 Å². The van der Waals surface area contributed by atoms with Crippen molar-refractivity contribution in [2.24, 2.45) is 0 Å². The molecule has 3 heterocycles. The Balaban J connectivity index is 1.47. The van der Waals surface area contributed by atoms with Crippen molar-refractivity contribution in [3.63, 3.8) is 0 Å². The first kappa shape index (κ1) is 18.8. The number of methoxy groups -OCH3 is 1. The summed E-state index contributed by atoms with van der Waals surface area (Å²) in [4.78, 5) is 29.2. The van der Waals surface area contributed by atoms with Gasteiger partial charge in [-0.25, -0.2) is 9.67 Å². The van der Waals surface area contributed by atoms with Gasteiger partial charge in [-0.2, -0.15) is 0 Å². The maximum atomic E-state index is 12.6. The highest BCUT2D eigenvalue weighted by Crippen LogP contribution is 2.23. The van der Waals surface area contributed by atoms with E-state index in [9.17, 15) is 9.59 Å². The Morgan fingerprint density at radius 2 is 2.10 bits per heavy atom. The summed E-state index contributed by atoms with van der Waals surface area (Å²) in [6.07, 6.45) is 1.49.